The van der Waals surface area contributed by atoms with Crippen molar-refractivity contribution in [3.63, 3.8) is 0 Å². The summed E-state index contributed by atoms with van der Waals surface area (Å²) in [4.78, 5) is 27.2. The number of hydrogen-bond donors (Lipinski definition) is 1. The first-order valence-corrected chi connectivity index (χ1v) is 9.60. The second-order valence-corrected chi connectivity index (χ2v) is 6.97. The Kier molecular flexibility index (Phi) is 6.48. The number of rotatable bonds is 5. The van der Waals surface area contributed by atoms with E-state index in [0.29, 0.717) is 17.0 Å². The van der Waals surface area contributed by atoms with Crippen molar-refractivity contribution in [3.05, 3.63) is 65.2 Å². The fourth-order valence-corrected chi connectivity index (χ4v) is 3.37. The van der Waals surface area contributed by atoms with Gasteiger partial charge in [0.2, 0.25) is 5.91 Å². The van der Waals surface area contributed by atoms with Crippen molar-refractivity contribution in [3.8, 4) is 5.75 Å². The lowest BCUT2D eigenvalue weighted by Crippen LogP contribution is -2.36. The molecule has 3 rings (SSSR count). The van der Waals surface area contributed by atoms with Crippen LogP contribution in [0.3, 0.4) is 0 Å². The van der Waals surface area contributed by atoms with Crippen LogP contribution in [-0.4, -0.2) is 36.9 Å². The Labute approximate surface area is 166 Å². The van der Waals surface area contributed by atoms with Crippen LogP contribution in [0.2, 0.25) is 0 Å². The van der Waals surface area contributed by atoms with Gasteiger partial charge < -0.3 is 15.0 Å². The van der Waals surface area contributed by atoms with Gasteiger partial charge in [0.25, 0.3) is 5.91 Å². The number of benzene rings is 2. The van der Waals surface area contributed by atoms with Gasteiger partial charge in [-0.3, -0.25) is 9.59 Å². The first-order chi connectivity index (χ1) is 13.6. The molecule has 1 heterocycles. The SMILES string of the molecule is COc1ccc(C)cc1/C=C/C(=O)Nc1ccccc1C(=O)N1CCCCC1. The Hall–Kier alpha value is -3.08. The number of nitrogens with zero attached hydrogens (tertiary/aromatic N) is 1. The molecule has 1 aliphatic rings. The van der Waals surface area contributed by atoms with Crippen LogP contribution >= 0.6 is 0 Å². The van der Waals surface area contributed by atoms with Crippen LogP contribution in [0.1, 0.15) is 40.7 Å². The molecule has 28 heavy (non-hydrogen) atoms. The molecule has 0 unspecified atom stereocenters. The molecule has 1 fully saturated rings. The number of anilines is 1. The van der Waals surface area contributed by atoms with Gasteiger partial charge in [-0.25, -0.2) is 0 Å². The Morgan fingerprint density at radius 2 is 1.82 bits per heavy atom. The van der Waals surface area contributed by atoms with Crippen LogP contribution in [-0.2, 0) is 4.79 Å². The van der Waals surface area contributed by atoms with Crippen molar-refractivity contribution in [1.29, 1.82) is 0 Å². The standard InChI is InChI=1S/C23H26N2O3/c1-17-10-12-21(28-2)18(16-17)11-13-22(26)24-20-9-5-4-8-19(20)23(27)25-14-6-3-7-15-25/h4-5,8-13,16H,3,6-7,14-15H2,1-2H3,(H,24,26)/b13-11+. The highest BCUT2D eigenvalue weighted by Crippen LogP contribution is 2.22. The molecule has 2 aromatic carbocycles. The second kappa shape index (κ2) is 9.22. The fraction of sp³-hybridized carbons (Fsp3) is 0.304. The molecular formula is C23H26N2O3. The van der Waals surface area contributed by atoms with Gasteiger partial charge >= 0.3 is 0 Å². The highest BCUT2D eigenvalue weighted by atomic mass is 16.5. The monoisotopic (exact) mass is 378 g/mol. The summed E-state index contributed by atoms with van der Waals surface area (Å²) in [5.74, 6) is 0.387. The minimum atomic E-state index is -0.289. The van der Waals surface area contributed by atoms with Crippen LogP contribution in [0, 0.1) is 6.92 Å². The Bertz CT molecular complexity index is 883. The Morgan fingerprint density at radius 3 is 2.57 bits per heavy atom. The molecule has 0 aromatic heterocycles. The number of amides is 2. The topological polar surface area (TPSA) is 58.6 Å². The number of carbonyl (C=O) groups is 2. The first kappa shape index (κ1) is 19.7. The second-order valence-electron chi connectivity index (χ2n) is 6.97. The summed E-state index contributed by atoms with van der Waals surface area (Å²) in [5.41, 5.74) is 2.97. The van der Waals surface area contributed by atoms with E-state index in [9.17, 15) is 9.59 Å². The van der Waals surface area contributed by atoms with Gasteiger partial charge in [-0.15, -0.1) is 0 Å². The number of piperidine rings is 1. The smallest absolute Gasteiger partial charge is 0.255 e. The zero-order chi connectivity index (χ0) is 19.9. The normalized spacial score (nSPS) is 14.1. The van der Waals surface area contributed by atoms with Gasteiger partial charge in [-0.05, 0) is 56.5 Å². The molecule has 1 N–H and O–H groups in total. The number of carbonyl (C=O) groups excluding carboxylic acids is 2. The first-order valence-electron chi connectivity index (χ1n) is 9.60. The minimum Gasteiger partial charge on any atom is -0.496 e. The number of likely N-dealkylation sites (tertiary alicyclic amines) is 1. The van der Waals surface area contributed by atoms with E-state index in [1.807, 2.05) is 42.2 Å². The molecule has 0 aliphatic carbocycles. The molecule has 5 heteroatoms. The van der Waals surface area contributed by atoms with Crippen molar-refractivity contribution < 1.29 is 14.3 Å². The number of para-hydroxylation sites is 1. The lowest BCUT2D eigenvalue weighted by Gasteiger charge is -2.27. The van der Waals surface area contributed by atoms with E-state index in [2.05, 4.69) is 5.32 Å². The van der Waals surface area contributed by atoms with E-state index in [1.54, 1.807) is 25.3 Å². The van der Waals surface area contributed by atoms with Gasteiger partial charge in [0.15, 0.2) is 0 Å². The summed E-state index contributed by atoms with van der Waals surface area (Å²) in [6, 6.07) is 12.9. The molecule has 5 nitrogen and oxygen atoms in total. The summed E-state index contributed by atoms with van der Waals surface area (Å²) < 4.78 is 5.34. The van der Waals surface area contributed by atoms with Crippen molar-refractivity contribution in [2.75, 3.05) is 25.5 Å². The average molecular weight is 378 g/mol. The van der Waals surface area contributed by atoms with E-state index in [1.165, 1.54) is 6.08 Å². The molecule has 1 aliphatic heterocycles. The van der Waals surface area contributed by atoms with Crippen LogP contribution in [0.5, 0.6) is 5.75 Å². The van der Waals surface area contributed by atoms with Gasteiger partial charge in [-0.1, -0.05) is 23.8 Å². The zero-order valence-electron chi connectivity index (χ0n) is 16.4. The van der Waals surface area contributed by atoms with Crippen molar-refractivity contribution in [2.45, 2.75) is 26.2 Å². The molecule has 0 saturated carbocycles. The van der Waals surface area contributed by atoms with Gasteiger partial charge in [-0.2, -0.15) is 0 Å². The summed E-state index contributed by atoms with van der Waals surface area (Å²) in [7, 11) is 1.60. The predicted octanol–water partition coefficient (Wildman–Crippen LogP) is 4.28. The van der Waals surface area contributed by atoms with Crippen LogP contribution < -0.4 is 10.1 Å². The minimum absolute atomic E-state index is 0.0278. The molecule has 1 saturated heterocycles. The van der Waals surface area contributed by atoms with Crippen LogP contribution in [0.4, 0.5) is 5.69 Å². The number of ether oxygens (including phenoxy) is 1. The maximum absolute atomic E-state index is 12.8. The van der Waals surface area contributed by atoms with E-state index in [4.69, 9.17) is 4.74 Å². The van der Waals surface area contributed by atoms with Gasteiger partial charge in [0.05, 0.1) is 18.4 Å². The molecule has 0 atom stereocenters. The Morgan fingerprint density at radius 1 is 1.07 bits per heavy atom. The fourth-order valence-electron chi connectivity index (χ4n) is 3.37. The molecule has 0 bridgehead atoms. The quantitative estimate of drug-likeness (QED) is 0.790. The van der Waals surface area contributed by atoms with Gasteiger partial charge in [0, 0.05) is 24.7 Å². The summed E-state index contributed by atoms with van der Waals surface area (Å²) >= 11 is 0. The number of nitrogens with one attached hydrogen (secondary N) is 1. The highest BCUT2D eigenvalue weighted by Gasteiger charge is 2.20. The van der Waals surface area contributed by atoms with E-state index >= 15 is 0 Å². The average Bonchev–Trinajstić information content (AvgIpc) is 2.73. The maximum Gasteiger partial charge on any atom is 0.255 e. The highest BCUT2D eigenvalue weighted by molar-refractivity contribution is 6.07. The van der Waals surface area contributed by atoms with Gasteiger partial charge in [0.1, 0.15) is 5.75 Å². The van der Waals surface area contributed by atoms with Crippen LogP contribution in [0.25, 0.3) is 6.08 Å². The van der Waals surface area contributed by atoms with Crippen molar-refractivity contribution >= 4 is 23.6 Å². The molecule has 0 radical (unpaired) electrons. The van der Waals surface area contributed by atoms with Crippen molar-refractivity contribution in [1.82, 2.24) is 4.90 Å². The number of hydrogen-bond acceptors (Lipinski definition) is 3. The van der Waals surface area contributed by atoms with E-state index in [0.717, 1.165) is 43.5 Å². The summed E-state index contributed by atoms with van der Waals surface area (Å²) in [5, 5.41) is 2.84. The number of methoxy groups -OCH3 is 1. The zero-order valence-corrected chi connectivity index (χ0v) is 16.4. The van der Waals surface area contributed by atoms with Crippen LogP contribution in [0.15, 0.2) is 48.5 Å². The van der Waals surface area contributed by atoms with Crippen molar-refractivity contribution in [2.24, 2.45) is 0 Å². The molecule has 146 valence electrons. The molecular weight excluding hydrogens is 352 g/mol. The maximum atomic E-state index is 12.8. The molecule has 2 amide bonds. The largest absolute Gasteiger partial charge is 0.496 e. The van der Waals surface area contributed by atoms with E-state index in [-0.39, 0.29) is 11.8 Å². The third-order valence-electron chi connectivity index (χ3n) is 4.86. The predicted molar refractivity (Wildman–Crippen MR) is 112 cm³/mol. The van der Waals surface area contributed by atoms with E-state index < -0.39 is 0 Å². The third-order valence-corrected chi connectivity index (χ3v) is 4.86. The number of aryl methyl sites for hydroxylation is 1. The lowest BCUT2D eigenvalue weighted by molar-refractivity contribution is -0.111. The third kappa shape index (κ3) is 4.80. The lowest BCUT2D eigenvalue weighted by atomic mass is 10.1. The summed E-state index contributed by atoms with van der Waals surface area (Å²) in [6.45, 7) is 3.53. The summed E-state index contributed by atoms with van der Waals surface area (Å²) in [6.07, 6.45) is 6.40. The molecule has 0 spiro atoms. The Balaban J connectivity index is 1.74. The molecule has 2 aromatic rings.